The molecule has 0 aliphatic rings. The highest BCUT2D eigenvalue weighted by Crippen LogP contribution is 2.28. The minimum atomic E-state index is 0.530. The zero-order valence-electron chi connectivity index (χ0n) is 12.9. The lowest BCUT2D eigenvalue weighted by Crippen LogP contribution is -1.84. The van der Waals surface area contributed by atoms with Crippen LogP contribution in [0.2, 0.25) is 5.02 Å². The monoisotopic (exact) mass is 352 g/mol. The number of hydrogen-bond acceptors (Lipinski definition) is 4. The van der Waals surface area contributed by atoms with Crippen LogP contribution in [0.3, 0.4) is 0 Å². The zero-order valence-corrected chi connectivity index (χ0v) is 14.4. The summed E-state index contributed by atoms with van der Waals surface area (Å²) in [6.07, 6.45) is 1.81. The van der Waals surface area contributed by atoms with Crippen LogP contribution in [0, 0.1) is 11.3 Å². The predicted molar refractivity (Wildman–Crippen MR) is 99.0 cm³/mol. The molecule has 1 heterocycles. The molecular formula is C19H13ClN2OS. The van der Waals surface area contributed by atoms with Crippen LogP contribution in [0.25, 0.3) is 22.9 Å². The van der Waals surface area contributed by atoms with Crippen molar-refractivity contribution in [3.63, 3.8) is 0 Å². The standard InChI is InChI=1S/C19H13ClN2OS/c1-23-17-8-4-14(5-9-17)18-12-24-19(22-18)15(11-21)10-13-2-6-16(20)7-3-13/h2-10,12H,1H3/b15-10-. The number of nitriles is 1. The van der Waals surface area contributed by atoms with Crippen LogP contribution < -0.4 is 4.74 Å². The number of allylic oxidation sites excluding steroid dienone is 1. The Morgan fingerprint density at radius 1 is 1.17 bits per heavy atom. The maximum atomic E-state index is 9.45. The van der Waals surface area contributed by atoms with Gasteiger partial charge in [0, 0.05) is 16.0 Å². The van der Waals surface area contributed by atoms with E-state index < -0.39 is 0 Å². The number of ether oxygens (including phenoxy) is 1. The summed E-state index contributed by atoms with van der Waals surface area (Å²) in [5.74, 6) is 0.801. The molecule has 0 radical (unpaired) electrons. The van der Waals surface area contributed by atoms with E-state index in [9.17, 15) is 5.26 Å². The van der Waals surface area contributed by atoms with E-state index in [4.69, 9.17) is 16.3 Å². The molecule has 0 atom stereocenters. The Labute approximate surface area is 149 Å². The molecule has 0 amide bonds. The van der Waals surface area contributed by atoms with Crippen molar-refractivity contribution in [1.82, 2.24) is 4.98 Å². The van der Waals surface area contributed by atoms with Crippen molar-refractivity contribution in [2.75, 3.05) is 7.11 Å². The van der Waals surface area contributed by atoms with Gasteiger partial charge in [-0.1, -0.05) is 23.7 Å². The second-order valence-corrected chi connectivity index (χ2v) is 6.28. The number of nitrogens with zero attached hydrogens (tertiary/aromatic N) is 2. The van der Waals surface area contributed by atoms with Crippen LogP contribution in [0.1, 0.15) is 10.6 Å². The van der Waals surface area contributed by atoms with E-state index in [1.165, 1.54) is 11.3 Å². The molecule has 3 nitrogen and oxygen atoms in total. The van der Waals surface area contributed by atoms with Gasteiger partial charge in [0.25, 0.3) is 0 Å². The molecule has 0 saturated heterocycles. The lowest BCUT2D eigenvalue weighted by atomic mass is 10.1. The first-order chi connectivity index (χ1) is 11.7. The summed E-state index contributed by atoms with van der Waals surface area (Å²) in [7, 11) is 1.64. The zero-order chi connectivity index (χ0) is 16.9. The molecule has 1 aromatic heterocycles. The summed E-state index contributed by atoms with van der Waals surface area (Å²) in [4.78, 5) is 4.58. The predicted octanol–water partition coefficient (Wildman–Crippen LogP) is 5.54. The number of methoxy groups -OCH3 is 1. The van der Waals surface area contributed by atoms with Crippen molar-refractivity contribution >= 4 is 34.6 Å². The first kappa shape index (κ1) is 16.3. The molecular weight excluding hydrogens is 340 g/mol. The molecule has 0 aliphatic heterocycles. The molecule has 0 saturated carbocycles. The van der Waals surface area contributed by atoms with Gasteiger partial charge >= 0.3 is 0 Å². The second-order valence-electron chi connectivity index (χ2n) is 4.99. The van der Waals surface area contributed by atoms with Crippen LogP contribution in [0.4, 0.5) is 0 Å². The first-order valence-electron chi connectivity index (χ1n) is 7.17. The SMILES string of the molecule is COc1ccc(-c2csc(/C(C#N)=C\c3ccc(Cl)cc3)n2)cc1. The van der Waals surface area contributed by atoms with Crippen LogP contribution >= 0.6 is 22.9 Å². The van der Waals surface area contributed by atoms with Gasteiger partial charge in [0.15, 0.2) is 0 Å². The fourth-order valence-electron chi connectivity index (χ4n) is 2.16. The van der Waals surface area contributed by atoms with E-state index in [0.717, 1.165) is 22.6 Å². The van der Waals surface area contributed by atoms with Crippen molar-refractivity contribution in [2.45, 2.75) is 0 Å². The van der Waals surface area contributed by atoms with E-state index in [-0.39, 0.29) is 0 Å². The minimum absolute atomic E-state index is 0.530. The Hall–Kier alpha value is -2.61. The maximum absolute atomic E-state index is 9.45. The fourth-order valence-corrected chi connectivity index (χ4v) is 3.08. The van der Waals surface area contributed by atoms with Gasteiger partial charge in [-0.25, -0.2) is 4.98 Å². The molecule has 2 aromatic carbocycles. The highest BCUT2D eigenvalue weighted by atomic mass is 35.5. The molecule has 5 heteroatoms. The average molecular weight is 353 g/mol. The van der Waals surface area contributed by atoms with E-state index in [0.29, 0.717) is 15.6 Å². The molecule has 24 heavy (non-hydrogen) atoms. The van der Waals surface area contributed by atoms with Gasteiger partial charge < -0.3 is 4.74 Å². The van der Waals surface area contributed by atoms with Crippen molar-refractivity contribution in [1.29, 1.82) is 5.26 Å². The van der Waals surface area contributed by atoms with E-state index >= 15 is 0 Å². The summed E-state index contributed by atoms with van der Waals surface area (Å²) < 4.78 is 5.16. The van der Waals surface area contributed by atoms with Crippen molar-refractivity contribution in [2.24, 2.45) is 0 Å². The molecule has 0 unspecified atom stereocenters. The molecule has 118 valence electrons. The van der Waals surface area contributed by atoms with Crippen molar-refractivity contribution in [3.05, 3.63) is 69.5 Å². The highest BCUT2D eigenvalue weighted by Gasteiger charge is 2.09. The van der Waals surface area contributed by atoms with Crippen LogP contribution in [0.15, 0.2) is 53.9 Å². The number of thiazole rings is 1. The Morgan fingerprint density at radius 2 is 1.88 bits per heavy atom. The molecule has 3 rings (SSSR count). The lowest BCUT2D eigenvalue weighted by Gasteiger charge is -2.00. The van der Waals surface area contributed by atoms with Crippen LogP contribution in [0.5, 0.6) is 5.75 Å². The summed E-state index contributed by atoms with van der Waals surface area (Å²) in [6.45, 7) is 0. The smallest absolute Gasteiger partial charge is 0.134 e. The number of halogens is 1. The van der Waals surface area contributed by atoms with E-state index in [1.807, 2.05) is 47.9 Å². The molecule has 0 spiro atoms. The topological polar surface area (TPSA) is 45.9 Å². The maximum Gasteiger partial charge on any atom is 0.134 e. The molecule has 0 bridgehead atoms. The third kappa shape index (κ3) is 3.65. The number of aromatic nitrogens is 1. The van der Waals surface area contributed by atoms with Crippen LogP contribution in [-0.2, 0) is 0 Å². The summed E-state index contributed by atoms with van der Waals surface area (Å²) in [5, 5.41) is 12.8. The summed E-state index contributed by atoms with van der Waals surface area (Å²) >= 11 is 7.34. The number of rotatable bonds is 4. The third-order valence-electron chi connectivity index (χ3n) is 3.42. The number of benzene rings is 2. The molecule has 0 aliphatic carbocycles. The van der Waals surface area contributed by atoms with Gasteiger partial charge in [-0.3, -0.25) is 0 Å². The van der Waals surface area contributed by atoms with Crippen molar-refractivity contribution in [3.8, 4) is 23.1 Å². The van der Waals surface area contributed by atoms with Gasteiger partial charge in [0.05, 0.1) is 18.4 Å². The Bertz CT molecular complexity index is 906. The quantitative estimate of drug-likeness (QED) is 0.579. The number of hydrogen-bond donors (Lipinski definition) is 0. The second kappa shape index (κ2) is 7.31. The van der Waals surface area contributed by atoms with Crippen LogP contribution in [-0.4, -0.2) is 12.1 Å². The fraction of sp³-hybridized carbons (Fsp3) is 0.0526. The Balaban J connectivity index is 1.90. The third-order valence-corrected chi connectivity index (χ3v) is 4.55. The van der Waals surface area contributed by atoms with Gasteiger partial charge in [-0.2, -0.15) is 5.26 Å². The average Bonchev–Trinajstić information content (AvgIpc) is 3.11. The lowest BCUT2D eigenvalue weighted by molar-refractivity contribution is 0.415. The normalized spacial score (nSPS) is 11.1. The minimum Gasteiger partial charge on any atom is -0.497 e. The Kier molecular flexibility index (Phi) is 4.95. The highest BCUT2D eigenvalue weighted by molar-refractivity contribution is 7.11. The summed E-state index contributed by atoms with van der Waals surface area (Å²) in [6, 6.07) is 17.2. The van der Waals surface area contributed by atoms with Crippen molar-refractivity contribution < 1.29 is 4.74 Å². The Morgan fingerprint density at radius 3 is 2.50 bits per heavy atom. The molecule has 0 N–H and O–H groups in total. The van der Waals surface area contributed by atoms with Gasteiger partial charge in [0.2, 0.25) is 0 Å². The van der Waals surface area contributed by atoms with Gasteiger partial charge in [0.1, 0.15) is 16.8 Å². The molecule has 0 fully saturated rings. The molecule has 3 aromatic rings. The first-order valence-corrected chi connectivity index (χ1v) is 8.43. The van der Waals surface area contributed by atoms with E-state index in [2.05, 4.69) is 11.1 Å². The largest absolute Gasteiger partial charge is 0.497 e. The van der Waals surface area contributed by atoms with E-state index in [1.54, 1.807) is 19.2 Å². The summed E-state index contributed by atoms with van der Waals surface area (Å²) in [5.41, 5.74) is 3.27. The van der Waals surface area contributed by atoms with Gasteiger partial charge in [-0.05, 0) is 48.0 Å². The van der Waals surface area contributed by atoms with Gasteiger partial charge in [-0.15, -0.1) is 11.3 Å².